The summed E-state index contributed by atoms with van der Waals surface area (Å²) in [6, 6.07) is 9.79. The van der Waals surface area contributed by atoms with E-state index in [2.05, 4.69) is 15.9 Å². The molecule has 0 radical (unpaired) electrons. The Labute approximate surface area is 117 Å². The lowest BCUT2D eigenvalue weighted by Gasteiger charge is -2.06. The van der Waals surface area contributed by atoms with Gasteiger partial charge in [0, 0.05) is 21.9 Å². The molecule has 1 nitrogen and oxygen atoms in total. The Kier molecular flexibility index (Phi) is 4.24. The molecule has 0 bridgehead atoms. The van der Waals surface area contributed by atoms with Crippen LogP contribution in [0.5, 0.6) is 0 Å². The van der Waals surface area contributed by atoms with Crippen molar-refractivity contribution in [1.29, 1.82) is 0 Å². The third-order valence-electron chi connectivity index (χ3n) is 2.40. The average molecular weight is 330 g/mol. The van der Waals surface area contributed by atoms with Gasteiger partial charge in [-0.05, 0) is 52.3 Å². The quantitative estimate of drug-likeness (QED) is 0.506. The highest BCUT2D eigenvalue weighted by Crippen LogP contribution is 2.29. The fourth-order valence-electron chi connectivity index (χ4n) is 1.42. The van der Waals surface area contributed by atoms with Crippen molar-refractivity contribution < 1.29 is 8.78 Å². The van der Waals surface area contributed by atoms with Crippen LogP contribution in [0.15, 0.2) is 45.8 Å². The minimum atomic E-state index is -0.544. The number of rotatable bonds is 3. The van der Waals surface area contributed by atoms with E-state index in [1.807, 2.05) is 12.1 Å². The molecule has 2 aromatic rings. The molecule has 2 N–H and O–H groups in total. The standard InChI is InChI=1S/C13H10BrF2NS/c14-11-5-6-12(15)10(13(11)16)7-18-9-3-1-8(17)2-4-9/h1-6H,7,17H2. The first-order chi connectivity index (χ1) is 8.58. The molecule has 0 atom stereocenters. The Morgan fingerprint density at radius 3 is 2.39 bits per heavy atom. The van der Waals surface area contributed by atoms with Crippen molar-refractivity contribution >= 4 is 33.4 Å². The van der Waals surface area contributed by atoms with E-state index in [0.717, 1.165) is 4.90 Å². The van der Waals surface area contributed by atoms with Gasteiger partial charge >= 0.3 is 0 Å². The Bertz CT molecular complexity index is 558. The summed E-state index contributed by atoms with van der Waals surface area (Å²) in [6.45, 7) is 0. The van der Waals surface area contributed by atoms with Gasteiger partial charge < -0.3 is 5.73 Å². The lowest BCUT2D eigenvalue weighted by molar-refractivity contribution is 0.562. The number of thioether (sulfide) groups is 1. The van der Waals surface area contributed by atoms with E-state index >= 15 is 0 Å². The molecule has 0 unspecified atom stereocenters. The largest absolute Gasteiger partial charge is 0.399 e. The zero-order valence-electron chi connectivity index (χ0n) is 9.29. The van der Waals surface area contributed by atoms with E-state index in [1.165, 1.54) is 23.9 Å². The molecule has 18 heavy (non-hydrogen) atoms. The second kappa shape index (κ2) is 5.71. The van der Waals surface area contributed by atoms with Crippen molar-refractivity contribution in [2.75, 3.05) is 5.73 Å². The summed E-state index contributed by atoms with van der Waals surface area (Å²) in [4.78, 5) is 0.919. The molecule has 2 rings (SSSR count). The van der Waals surface area contributed by atoms with Crippen LogP contribution in [0.4, 0.5) is 14.5 Å². The van der Waals surface area contributed by atoms with Crippen molar-refractivity contribution in [2.24, 2.45) is 0 Å². The summed E-state index contributed by atoms with van der Waals surface area (Å²) >= 11 is 4.41. The number of anilines is 1. The number of halogens is 3. The second-order valence-corrected chi connectivity index (χ2v) is 5.58. The smallest absolute Gasteiger partial charge is 0.144 e. The first-order valence-electron chi connectivity index (χ1n) is 5.18. The third-order valence-corrected chi connectivity index (χ3v) is 4.05. The summed E-state index contributed by atoms with van der Waals surface area (Å²) in [7, 11) is 0. The molecule has 0 aliphatic carbocycles. The van der Waals surface area contributed by atoms with Crippen molar-refractivity contribution in [3.8, 4) is 0 Å². The highest BCUT2D eigenvalue weighted by Gasteiger charge is 2.12. The first kappa shape index (κ1) is 13.4. The molecular weight excluding hydrogens is 320 g/mol. The predicted octanol–water partition coefficient (Wildman–Crippen LogP) is 4.60. The Morgan fingerprint density at radius 2 is 1.72 bits per heavy atom. The minimum Gasteiger partial charge on any atom is -0.399 e. The van der Waals surface area contributed by atoms with Gasteiger partial charge in [0.1, 0.15) is 11.6 Å². The SMILES string of the molecule is Nc1ccc(SCc2c(F)ccc(Br)c2F)cc1. The van der Waals surface area contributed by atoms with Crippen LogP contribution in [-0.2, 0) is 5.75 Å². The topological polar surface area (TPSA) is 26.0 Å². The van der Waals surface area contributed by atoms with E-state index < -0.39 is 11.6 Å². The van der Waals surface area contributed by atoms with Crippen molar-refractivity contribution in [3.05, 3.63) is 58.1 Å². The number of hydrogen-bond acceptors (Lipinski definition) is 2. The molecule has 0 aromatic heterocycles. The summed E-state index contributed by atoms with van der Waals surface area (Å²) in [6.07, 6.45) is 0. The maximum atomic E-state index is 13.7. The molecule has 0 saturated carbocycles. The lowest BCUT2D eigenvalue weighted by Crippen LogP contribution is -1.94. The van der Waals surface area contributed by atoms with Gasteiger partial charge in [0.25, 0.3) is 0 Å². The fourth-order valence-corrected chi connectivity index (χ4v) is 2.70. The normalized spacial score (nSPS) is 10.6. The van der Waals surface area contributed by atoms with Crippen LogP contribution in [0.25, 0.3) is 0 Å². The highest BCUT2D eigenvalue weighted by molar-refractivity contribution is 9.10. The second-order valence-electron chi connectivity index (χ2n) is 3.68. The average Bonchev–Trinajstić information content (AvgIpc) is 2.36. The van der Waals surface area contributed by atoms with Crippen LogP contribution in [0, 0.1) is 11.6 Å². The molecule has 0 heterocycles. The Balaban J connectivity index is 2.15. The van der Waals surface area contributed by atoms with Gasteiger partial charge in [-0.2, -0.15) is 0 Å². The van der Waals surface area contributed by atoms with Gasteiger partial charge in [0.05, 0.1) is 4.47 Å². The number of nitrogens with two attached hydrogens (primary N) is 1. The van der Waals surface area contributed by atoms with E-state index in [9.17, 15) is 8.78 Å². The van der Waals surface area contributed by atoms with Crippen molar-refractivity contribution in [2.45, 2.75) is 10.6 Å². The first-order valence-corrected chi connectivity index (χ1v) is 6.96. The van der Waals surface area contributed by atoms with E-state index in [0.29, 0.717) is 5.69 Å². The summed E-state index contributed by atoms with van der Waals surface area (Å²) < 4.78 is 27.5. The molecule has 0 spiro atoms. The molecular formula is C13H10BrF2NS. The molecule has 94 valence electrons. The molecule has 0 aliphatic heterocycles. The summed E-state index contributed by atoms with van der Waals surface area (Å²) in [5.41, 5.74) is 6.31. The monoisotopic (exact) mass is 329 g/mol. The van der Waals surface area contributed by atoms with Gasteiger partial charge in [-0.1, -0.05) is 0 Å². The minimum absolute atomic E-state index is 0.0752. The van der Waals surface area contributed by atoms with Crippen LogP contribution < -0.4 is 5.73 Å². The number of hydrogen-bond donors (Lipinski definition) is 1. The van der Waals surface area contributed by atoms with Crippen LogP contribution in [0.1, 0.15) is 5.56 Å². The molecule has 2 aromatic carbocycles. The Morgan fingerprint density at radius 1 is 1.06 bits per heavy atom. The van der Waals surface area contributed by atoms with Gasteiger partial charge in [-0.15, -0.1) is 11.8 Å². The number of benzene rings is 2. The maximum absolute atomic E-state index is 13.7. The third kappa shape index (κ3) is 3.03. The molecule has 5 heteroatoms. The lowest BCUT2D eigenvalue weighted by atomic mass is 10.2. The van der Waals surface area contributed by atoms with Crippen LogP contribution in [-0.4, -0.2) is 0 Å². The van der Waals surface area contributed by atoms with Gasteiger partial charge in [0.2, 0.25) is 0 Å². The summed E-state index contributed by atoms with van der Waals surface area (Å²) in [5.74, 6) is -0.835. The molecule has 0 amide bonds. The molecule has 0 aliphatic rings. The Hall–Kier alpha value is -1.07. The van der Waals surface area contributed by atoms with Crippen molar-refractivity contribution in [1.82, 2.24) is 0 Å². The van der Waals surface area contributed by atoms with Gasteiger partial charge in [-0.3, -0.25) is 0 Å². The zero-order valence-corrected chi connectivity index (χ0v) is 11.7. The fraction of sp³-hybridized carbons (Fsp3) is 0.0769. The van der Waals surface area contributed by atoms with E-state index in [-0.39, 0.29) is 15.8 Å². The van der Waals surface area contributed by atoms with E-state index in [4.69, 9.17) is 5.73 Å². The highest BCUT2D eigenvalue weighted by atomic mass is 79.9. The van der Waals surface area contributed by atoms with Gasteiger partial charge in [0.15, 0.2) is 0 Å². The molecule has 0 saturated heterocycles. The van der Waals surface area contributed by atoms with Crippen LogP contribution >= 0.6 is 27.7 Å². The van der Waals surface area contributed by atoms with Crippen LogP contribution in [0.3, 0.4) is 0 Å². The zero-order chi connectivity index (χ0) is 13.1. The van der Waals surface area contributed by atoms with Crippen LogP contribution in [0.2, 0.25) is 0 Å². The van der Waals surface area contributed by atoms with E-state index in [1.54, 1.807) is 12.1 Å². The van der Waals surface area contributed by atoms with Gasteiger partial charge in [-0.25, -0.2) is 8.78 Å². The molecule has 0 fully saturated rings. The maximum Gasteiger partial charge on any atom is 0.144 e. The number of nitrogen functional groups attached to an aromatic ring is 1. The predicted molar refractivity (Wildman–Crippen MR) is 74.5 cm³/mol. The van der Waals surface area contributed by atoms with Crippen molar-refractivity contribution in [3.63, 3.8) is 0 Å². The summed E-state index contributed by atoms with van der Waals surface area (Å²) in [5, 5.41) is 0.